The Labute approximate surface area is 234 Å². The number of hydrogen-bond donors (Lipinski definition) is 2. The number of anilines is 1. The minimum Gasteiger partial charge on any atom is -0.477 e. The third kappa shape index (κ3) is 7.33. The van der Waals surface area contributed by atoms with Gasteiger partial charge in [0.15, 0.2) is 0 Å². The number of thiophene rings is 1. The van der Waals surface area contributed by atoms with Gasteiger partial charge in [-0.1, -0.05) is 18.8 Å². The van der Waals surface area contributed by atoms with Gasteiger partial charge in [-0.15, -0.1) is 11.3 Å². The van der Waals surface area contributed by atoms with Crippen LogP contribution in [0, 0.1) is 29.1 Å². The van der Waals surface area contributed by atoms with E-state index in [2.05, 4.69) is 24.1 Å². The Balaban J connectivity index is 1.57. The van der Waals surface area contributed by atoms with Gasteiger partial charge in [-0.2, -0.15) is 0 Å². The molecule has 9 nitrogen and oxygen atoms in total. The molecule has 212 valence electrons. The molecule has 1 aromatic heterocycles. The maximum absolute atomic E-state index is 14.0. The van der Waals surface area contributed by atoms with Gasteiger partial charge in [0.2, 0.25) is 11.8 Å². The van der Waals surface area contributed by atoms with Crippen molar-refractivity contribution in [3.05, 3.63) is 15.8 Å². The van der Waals surface area contributed by atoms with Crippen LogP contribution >= 0.6 is 11.3 Å². The fourth-order valence-electron chi connectivity index (χ4n) is 5.41. The predicted molar refractivity (Wildman–Crippen MR) is 149 cm³/mol. The van der Waals surface area contributed by atoms with Crippen molar-refractivity contribution in [2.45, 2.75) is 84.8 Å². The lowest BCUT2D eigenvalue weighted by Crippen LogP contribution is -2.51. The Morgan fingerprint density at radius 2 is 1.79 bits per heavy atom. The predicted octanol–water partition coefficient (Wildman–Crippen LogP) is 4.49. The van der Waals surface area contributed by atoms with Crippen LogP contribution in [0.15, 0.2) is 6.07 Å². The zero-order valence-corrected chi connectivity index (χ0v) is 24.1. The molecule has 1 aliphatic carbocycles. The van der Waals surface area contributed by atoms with E-state index in [0.29, 0.717) is 49.0 Å². The lowest BCUT2D eigenvalue weighted by molar-refractivity contribution is -0.124. The van der Waals surface area contributed by atoms with Gasteiger partial charge in [-0.05, 0) is 71.3 Å². The summed E-state index contributed by atoms with van der Waals surface area (Å²) in [7, 11) is 0. The van der Waals surface area contributed by atoms with E-state index in [-0.39, 0.29) is 40.5 Å². The summed E-state index contributed by atoms with van der Waals surface area (Å²) in [5.74, 6) is 5.47. The Hall–Kier alpha value is -3.06. The largest absolute Gasteiger partial charge is 0.477 e. The van der Waals surface area contributed by atoms with E-state index in [0.717, 1.165) is 37.0 Å². The first-order chi connectivity index (χ1) is 18.4. The maximum atomic E-state index is 14.0. The van der Waals surface area contributed by atoms with Crippen LogP contribution in [0.5, 0.6) is 0 Å². The van der Waals surface area contributed by atoms with E-state index in [4.69, 9.17) is 4.74 Å². The third-order valence-electron chi connectivity index (χ3n) is 7.62. The number of carbonyl (C=O) groups excluding carboxylic acids is 3. The second kappa shape index (κ2) is 12.0. The Morgan fingerprint density at radius 3 is 2.36 bits per heavy atom. The maximum Gasteiger partial charge on any atom is 0.410 e. The highest BCUT2D eigenvalue weighted by Gasteiger charge is 2.38. The number of hydrogen-bond acceptors (Lipinski definition) is 6. The highest BCUT2D eigenvalue weighted by atomic mass is 32.1. The summed E-state index contributed by atoms with van der Waals surface area (Å²) < 4.78 is 5.49. The number of aromatic carboxylic acids is 1. The first kappa shape index (κ1) is 28.9. The van der Waals surface area contributed by atoms with Crippen molar-refractivity contribution in [1.82, 2.24) is 10.2 Å². The Kier molecular flexibility index (Phi) is 8.90. The molecule has 1 atom stereocenters. The van der Waals surface area contributed by atoms with Crippen LogP contribution in [0.25, 0.3) is 0 Å². The normalized spacial score (nSPS) is 23.9. The first-order valence-electron chi connectivity index (χ1n) is 13.9. The summed E-state index contributed by atoms with van der Waals surface area (Å²) in [6, 6.07) is 1.51. The fraction of sp³-hybridized carbons (Fsp3) is 0.655. The van der Waals surface area contributed by atoms with Gasteiger partial charge in [0, 0.05) is 30.5 Å². The van der Waals surface area contributed by atoms with Gasteiger partial charge in [0.25, 0.3) is 0 Å². The number of carboxylic acid groups (broad SMARTS) is 1. The molecular formula is C29H39N3O6S. The number of piperidine rings is 1. The second-order valence-corrected chi connectivity index (χ2v) is 13.1. The number of rotatable bonds is 5. The molecule has 3 heterocycles. The van der Waals surface area contributed by atoms with Crippen molar-refractivity contribution in [3.63, 3.8) is 0 Å². The summed E-state index contributed by atoms with van der Waals surface area (Å²) in [5.41, 5.74) is 0.163. The number of amides is 3. The van der Waals surface area contributed by atoms with Crippen molar-refractivity contribution in [1.29, 1.82) is 0 Å². The molecule has 10 heteroatoms. The van der Waals surface area contributed by atoms with Crippen LogP contribution in [0.4, 0.5) is 10.5 Å². The first-order valence-corrected chi connectivity index (χ1v) is 14.7. The molecule has 3 aliphatic rings. The summed E-state index contributed by atoms with van der Waals surface area (Å²) in [6.45, 7) is 9.26. The third-order valence-corrected chi connectivity index (χ3v) is 8.65. The number of carbonyl (C=O) groups is 4. The summed E-state index contributed by atoms with van der Waals surface area (Å²) >= 11 is 1.10. The molecule has 2 N–H and O–H groups in total. The summed E-state index contributed by atoms with van der Waals surface area (Å²) in [5, 5.41) is 12.7. The molecule has 0 radical (unpaired) electrons. The van der Waals surface area contributed by atoms with Crippen molar-refractivity contribution >= 4 is 40.9 Å². The molecular weight excluding hydrogens is 518 g/mol. The molecule has 2 saturated heterocycles. The molecule has 1 aromatic rings. The van der Waals surface area contributed by atoms with E-state index in [1.165, 1.54) is 0 Å². The lowest BCUT2D eigenvalue weighted by Gasteiger charge is -2.40. The molecule has 4 rings (SSSR count). The van der Waals surface area contributed by atoms with Crippen LogP contribution in [-0.2, 0) is 14.3 Å². The molecule has 2 aliphatic heterocycles. The van der Waals surface area contributed by atoms with Crippen LogP contribution in [-0.4, -0.2) is 65.7 Å². The van der Waals surface area contributed by atoms with E-state index >= 15 is 0 Å². The van der Waals surface area contributed by atoms with Crippen LogP contribution in [0.2, 0.25) is 0 Å². The molecule has 3 amide bonds. The van der Waals surface area contributed by atoms with E-state index in [1.54, 1.807) is 15.9 Å². The molecule has 3 fully saturated rings. The van der Waals surface area contributed by atoms with Crippen molar-refractivity contribution in [2.75, 3.05) is 24.5 Å². The molecule has 0 aromatic carbocycles. The number of nitrogens with one attached hydrogen (secondary N) is 1. The quantitative estimate of drug-likeness (QED) is 0.516. The molecule has 0 unspecified atom stereocenters. The highest BCUT2D eigenvalue weighted by molar-refractivity contribution is 7.15. The van der Waals surface area contributed by atoms with Gasteiger partial charge in [-0.25, -0.2) is 9.59 Å². The minimum absolute atomic E-state index is 0.0332. The van der Waals surface area contributed by atoms with Gasteiger partial charge in [-0.3, -0.25) is 9.59 Å². The molecule has 0 bridgehead atoms. The fourth-order valence-corrected chi connectivity index (χ4v) is 6.25. The van der Waals surface area contributed by atoms with Crippen LogP contribution < -0.4 is 10.2 Å². The number of likely N-dealkylation sites (tertiary alicyclic amines) is 1. The van der Waals surface area contributed by atoms with Gasteiger partial charge in [0.1, 0.15) is 11.0 Å². The number of ether oxygens (including phenoxy) is 1. The van der Waals surface area contributed by atoms with Gasteiger partial charge in [0.05, 0.1) is 23.5 Å². The van der Waals surface area contributed by atoms with Crippen molar-refractivity contribution in [2.24, 2.45) is 17.3 Å². The molecule has 1 saturated carbocycles. The summed E-state index contributed by atoms with van der Waals surface area (Å²) in [4.78, 5) is 54.6. The number of nitrogens with zero attached hydrogens (tertiary/aromatic N) is 2. The van der Waals surface area contributed by atoms with Crippen LogP contribution in [0.3, 0.4) is 0 Å². The topological polar surface area (TPSA) is 116 Å². The van der Waals surface area contributed by atoms with Crippen molar-refractivity contribution in [3.8, 4) is 11.8 Å². The highest BCUT2D eigenvalue weighted by Crippen LogP contribution is 2.38. The summed E-state index contributed by atoms with van der Waals surface area (Å²) in [6.07, 6.45) is 3.78. The Morgan fingerprint density at radius 1 is 1.13 bits per heavy atom. The standard InChI is InChI=1S/C29H39N3O6S/c1-18-5-7-19(8-6-18)26(34)32(23-16-22(9-12-29(2,3)4)39-25(23)27(35)36)20-10-13-31(14-11-20)28(37)38-21-15-24(33)30-17-21/h16,18-21H,5-8,10-11,13-15,17H2,1-4H3,(H,30,33)(H,35,36)/t18?,19?,21-/m0/s1. The zero-order valence-electron chi connectivity index (χ0n) is 23.2. The number of carboxylic acids is 1. The van der Waals surface area contributed by atoms with Crippen molar-refractivity contribution < 1.29 is 29.0 Å². The van der Waals surface area contributed by atoms with Gasteiger partial charge >= 0.3 is 12.1 Å². The minimum atomic E-state index is -1.07. The smallest absolute Gasteiger partial charge is 0.410 e. The second-order valence-electron chi connectivity index (χ2n) is 12.0. The SMILES string of the molecule is CC1CCC(C(=O)N(c2cc(C#CC(C)(C)C)sc2C(=O)O)C2CCN(C(=O)O[C@@H]3CNC(=O)C3)CC2)CC1. The van der Waals surface area contributed by atoms with E-state index in [1.807, 2.05) is 20.8 Å². The zero-order chi connectivity index (χ0) is 28.3. The van der Waals surface area contributed by atoms with E-state index in [9.17, 15) is 24.3 Å². The van der Waals surface area contributed by atoms with E-state index < -0.39 is 18.2 Å². The lowest BCUT2D eigenvalue weighted by atomic mass is 9.82. The Bertz CT molecular complexity index is 1160. The molecule has 0 spiro atoms. The monoisotopic (exact) mass is 557 g/mol. The average molecular weight is 558 g/mol. The molecule has 39 heavy (non-hydrogen) atoms. The van der Waals surface area contributed by atoms with Crippen LogP contribution in [0.1, 0.15) is 87.2 Å². The van der Waals surface area contributed by atoms with Gasteiger partial charge < -0.3 is 25.0 Å². The average Bonchev–Trinajstić information content (AvgIpc) is 3.49.